The molecule has 0 heterocycles. The molecule has 0 spiro atoms. The van der Waals surface area contributed by atoms with E-state index in [1.54, 1.807) is 6.08 Å². The van der Waals surface area contributed by atoms with Crippen molar-refractivity contribution in [3.8, 4) is 0 Å². The van der Waals surface area contributed by atoms with Crippen LogP contribution in [0.2, 0.25) is 0 Å². The first kappa shape index (κ1) is 55.7. The van der Waals surface area contributed by atoms with Crippen molar-refractivity contribution in [1.29, 1.82) is 0 Å². The number of rotatable bonds is 40. The number of carbonyl (C=O) groups is 1. The number of hydrogen-bond acceptors (Lipinski definition) is 5. The Bertz CT molecular complexity index is 1220. The molecular weight excluding hydrogens is 744 g/mol. The molecule has 58 heavy (non-hydrogen) atoms. The molecule has 0 saturated carbocycles. The molecule has 334 valence electrons. The van der Waals surface area contributed by atoms with Crippen LogP contribution in [0.5, 0.6) is 0 Å². The van der Waals surface area contributed by atoms with Crippen molar-refractivity contribution in [3.05, 3.63) is 85.1 Å². The third-order valence-electron chi connectivity index (χ3n) is 9.58. The molecule has 0 rings (SSSR count). The van der Waals surface area contributed by atoms with Crippen molar-refractivity contribution >= 4 is 13.7 Å². The van der Waals surface area contributed by atoms with Gasteiger partial charge in [-0.3, -0.25) is 13.8 Å². The molecule has 3 N–H and O–H groups in total. The minimum atomic E-state index is -4.35. The molecule has 0 aliphatic heterocycles. The van der Waals surface area contributed by atoms with E-state index >= 15 is 0 Å². The molecular formula is C49H88N2O6P+. The molecule has 0 aromatic heterocycles. The van der Waals surface area contributed by atoms with Gasteiger partial charge in [-0.1, -0.05) is 163 Å². The van der Waals surface area contributed by atoms with Gasteiger partial charge in [-0.25, -0.2) is 4.57 Å². The highest BCUT2D eigenvalue weighted by molar-refractivity contribution is 7.47. The van der Waals surface area contributed by atoms with E-state index in [0.717, 1.165) is 83.5 Å². The van der Waals surface area contributed by atoms with Crippen LogP contribution in [0.4, 0.5) is 0 Å². The van der Waals surface area contributed by atoms with E-state index in [0.29, 0.717) is 17.4 Å². The number of quaternary nitrogens is 1. The molecule has 3 atom stereocenters. The number of phosphoric acid groups is 1. The Morgan fingerprint density at radius 2 is 1.05 bits per heavy atom. The lowest BCUT2D eigenvalue weighted by Crippen LogP contribution is -2.45. The van der Waals surface area contributed by atoms with E-state index in [2.05, 4.69) is 92.1 Å². The van der Waals surface area contributed by atoms with Gasteiger partial charge in [0.15, 0.2) is 0 Å². The number of nitrogens with one attached hydrogen (secondary N) is 1. The second-order valence-corrected chi connectivity index (χ2v) is 17.8. The van der Waals surface area contributed by atoms with Gasteiger partial charge in [0.05, 0.1) is 39.9 Å². The number of phosphoric ester groups is 1. The van der Waals surface area contributed by atoms with Crippen LogP contribution in [0.15, 0.2) is 85.1 Å². The van der Waals surface area contributed by atoms with Crippen molar-refractivity contribution in [2.45, 2.75) is 180 Å². The van der Waals surface area contributed by atoms with Crippen LogP contribution in [0.3, 0.4) is 0 Å². The lowest BCUT2D eigenvalue weighted by Gasteiger charge is -2.25. The topological polar surface area (TPSA) is 105 Å². The predicted octanol–water partition coefficient (Wildman–Crippen LogP) is 13.0. The summed E-state index contributed by atoms with van der Waals surface area (Å²) in [6.45, 7) is 4.61. The highest BCUT2D eigenvalue weighted by Crippen LogP contribution is 2.43. The summed E-state index contributed by atoms with van der Waals surface area (Å²) in [4.78, 5) is 23.1. The van der Waals surface area contributed by atoms with E-state index in [1.165, 1.54) is 64.2 Å². The summed E-state index contributed by atoms with van der Waals surface area (Å²) in [7, 11) is 1.53. The first-order chi connectivity index (χ1) is 28.0. The molecule has 0 bridgehead atoms. The van der Waals surface area contributed by atoms with Crippen molar-refractivity contribution < 1.29 is 32.9 Å². The van der Waals surface area contributed by atoms with Crippen LogP contribution < -0.4 is 5.32 Å². The summed E-state index contributed by atoms with van der Waals surface area (Å²) in [5.41, 5.74) is 0. The smallest absolute Gasteiger partial charge is 0.387 e. The number of unbranched alkanes of at least 4 members (excludes halogenated alkanes) is 15. The number of hydrogen-bond donors (Lipinski definition) is 3. The molecule has 9 heteroatoms. The van der Waals surface area contributed by atoms with Crippen molar-refractivity contribution in [3.63, 3.8) is 0 Å². The predicted molar refractivity (Wildman–Crippen MR) is 249 cm³/mol. The fraction of sp³-hybridized carbons (Fsp3) is 0.694. The summed E-state index contributed by atoms with van der Waals surface area (Å²) in [6.07, 6.45) is 55.1. The zero-order valence-corrected chi connectivity index (χ0v) is 38.6. The first-order valence-corrected chi connectivity index (χ1v) is 24.5. The number of carbonyl (C=O) groups excluding carboxylic acids is 1. The van der Waals surface area contributed by atoms with Crippen LogP contribution in [0.25, 0.3) is 0 Å². The lowest BCUT2D eigenvalue weighted by molar-refractivity contribution is -0.870. The molecule has 0 aliphatic carbocycles. The maximum Gasteiger partial charge on any atom is 0.472 e. The van der Waals surface area contributed by atoms with Crippen molar-refractivity contribution in [2.24, 2.45) is 0 Å². The Kier molecular flexibility index (Phi) is 38.5. The standard InChI is InChI=1S/C49H87N2O6P/c1-6-8-10-12-14-16-18-20-21-22-23-24-25-26-27-28-29-31-33-35-37-39-41-43-49(53)50-47(46-57-58(54,55)56-45-44-51(3,4)5)48(52)42-40-38-36-34-32-30-19-17-15-13-11-9-7-2/h8,10,14-17,20-21,23-24,32,34,40,42,47-48,52H,6-7,9,11-13,18-19,22,25-31,33,35-39,41,43-46H2,1-5H3,(H-,50,53,54,55)/p+1/b10-8-,16-14-,17-15+,21-20-,24-23-,34-32+,42-40+. The quantitative estimate of drug-likeness (QED) is 0.0246. The Balaban J connectivity index is 4.38. The largest absolute Gasteiger partial charge is 0.472 e. The van der Waals surface area contributed by atoms with Gasteiger partial charge in [0.2, 0.25) is 5.91 Å². The maximum atomic E-state index is 12.9. The molecule has 3 unspecified atom stereocenters. The van der Waals surface area contributed by atoms with Gasteiger partial charge >= 0.3 is 7.82 Å². The van der Waals surface area contributed by atoms with Gasteiger partial charge < -0.3 is 19.8 Å². The Hall–Kier alpha value is -2.32. The lowest BCUT2D eigenvalue weighted by atomic mass is 10.0. The number of nitrogens with zero attached hydrogens (tertiary/aromatic N) is 1. The van der Waals surface area contributed by atoms with E-state index in [-0.39, 0.29) is 19.1 Å². The van der Waals surface area contributed by atoms with Crippen LogP contribution in [-0.2, 0) is 18.4 Å². The number of amides is 1. The third kappa shape index (κ3) is 41.8. The van der Waals surface area contributed by atoms with Gasteiger partial charge in [-0.2, -0.15) is 0 Å². The second kappa shape index (κ2) is 40.1. The summed E-state index contributed by atoms with van der Waals surface area (Å²) >= 11 is 0. The molecule has 0 aromatic rings. The SMILES string of the molecule is CC/C=C\C/C=C\C/C=C\C/C=C\CCCCCCCCCCCCC(=O)NC(COP(=O)(O)OCC[N+](C)(C)C)C(O)/C=C/CC/C=C/CC/C=C/CCCCC. The van der Waals surface area contributed by atoms with Gasteiger partial charge in [0, 0.05) is 6.42 Å². The zero-order chi connectivity index (χ0) is 42.8. The molecule has 1 amide bonds. The number of aliphatic hydroxyl groups is 1. The van der Waals surface area contributed by atoms with Gasteiger partial charge in [-0.05, 0) is 83.5 Å². The molecule has 0 radical (unpaired) electrons. The van der Waals surface area contributed by atoms with Crippen molar-refractivity contribution in [1.82, 2.24) is 5.32 Å². The van der Waals surface area contributed by atoms with Gasteiger partial charge in [0.25, 0.3) is 0 Å². The second-order valence-electron chi connectivity index (χ2n) is 16.4. The summed E-state index contributed by atoms with van der Waals surface area (Å²) in [5.74, 6) is -0.201. The number of likely N-dealkylation sites (N-methyl/N-ethyl adjacent to an activating group) is 1. The third-order valence-corrected chi connectivity index (χ3v) is 10.6. The fourth-order valence-corrected chi connectivity index (χ4v) is 6.68. The zero-order valence-electron chi connectivity index (χ0n) is 37.8. The average Bonchev–Trinajstić information content (AvgIpc) is 3.17. The Labute approximate surface area is 356 Å². The maximum absolute atomic E-state index is 12.9. The molecule has 0 fully saturated rings. The molecule has 8 nitrogen and oxygen atoms in total. The highest BCUT2D eigenvalue weighted by atomic mass is 31.2. The van der Waals surface area contributed by atoms with E-state index in [9.17, 15) is 19.4 Å². The minimum Gasteiger partial charge on any atom is -0.387 e. The van der Waals surface area contributed by atoms with Crippen LogP contribution in [0, 0.1) is 0 Å². The number of allylic oxidation sites excluding steroid dienone is 13. The monoisotopic (exact) mass is 832 g/mol. The summed E-state index contributed by atoms with van der Waals surface area (Å²) in [5, 5.41) is 13.8. The average molecular weight is 832 g/mol. The molecule has 0 aliphatic rings. The van der Waals surface area contributed by atoms with Crippen LogP contribution >= 0.6 is 7.82 Å². The van der Waals surface area contributed by atoms with Crippen LogP contribution in [0.1, 0.15) is 168 Å². The van der Waals surface area contributed by atoms with Gasteiger partial charge in [-0.15, -0.1) is 0 Å². The molecule has 0 saturated heterocycles. The Morgan fingerprint density at radius 1 is 0.603 bits per heavy atom. The summed E-state index contributed by atoms with van der Waals surface area (Å²) in [6, 6.07) is -0.875. The van der Waals surface area contributed by atoms with E-state index < -0.39 is 20.0 Å². The fourth-order valence-electron chi connectivity index (χ4n) is 5.94. The first-order valence-electron chi connectivity index (χ1n) is 23.0. The number of aliphatic hydroxyl groups excluding tert-OH is 1. The minimum absolute atomic E-state index is 0.0484. The normalized spacial score (nSPS) is 15.1. The van der Waals surface area contributed by atoms with Gasteiger partial charge in [0.1, 0.15) is 13.2 Å². The molecule has 0 aromatic carbocycles. The van der Waals surface area contributed by atoms with E-state index in [4.69, 9.17) is 9.05 Å². The van der Waals surface area contributed by atoms with Crippen molar-refractivity contribution in [2.75, 3.05) is 40.9 Å². The summed E-state index contributed by atoms with van der Waals surface area (Å²) < 4.78 is 23.5. The van der Waals surface area contributed by atoms with E-state index in [1.807, 2.05) is 27.2 Å². The van der Waals surface area contributed by atoms with Crippen LogP contribution in [-0.4, -0.2) is 73.4 Å². The highest BCUT2D eigenvalue weighted by Gasteiger charge is 2.27. The Morgan fingerprint density at radius 3 is 1.59 bits per heavy atom.